The number of aromatic nitrogens is 1. The number of carbonyl (C=O) groups excluding carboxylic acids is 1. The van der Waals surface area contributed by atoms with Gasteiger partial charge in [-0.05, 0) is 31.2 Å². The zero-order valence-electron chi connectivity index (χ0n) is 10.7. The van der Waals surface area contributed by atoms with Gasteiger partial charge in [-0.2, -0.15) is 0 Å². The van der Waals surface area contributed by atoms with E-state index in [1.807, 2.05) is 26.1 Å². The van der Waals surface area contributed by atoms with Gasteiger partial charge in [0, 0.05) is 25.5 Å². The fourth-order valence-electron chi connectivity index (χ4n) is 1.78. The van der Waals surface area contributed by atoms with E-state index in [0.717, 1.165) is 13.0 Å². The van der Waals surface area contributed by atoms with Gasteiger partial charge in [0.15, 0.2) is 0 Å². The Kier molecular flexibility index (Phi) is 5.63. The lowest BCUT2D eigenvalue weighted by Gasteiger charge is -2.21. The molecule has 0 fully saturated rings. The standard InChI is InChI=1S/C13H20N2O2/c1-4-12(13(16)17-3)10-15(2)9-11-5-7-14-8-6-11/h5-8,12H,4,9-10H2,1-3H3. The van der Waals surface area contributed by atoms with Crippen LogP contribution in [0.5, 0.6) is 0 Å². The molecule has 0 aliphatic heterocycles. The highest BCUT2D eigenvalue weighted by Gasteiger charge is 2.18. The van der Waals surface area contributed by atoms with Gasteiger partial charge in [-0.3, -0.25) is 9.78 Å². The molecule has 1 aromatic heterocycles. The summed E-state index contributed by atoms with van der Waals surface area (Å²) < 4.78 is 4.78. The first-order valence-electron chi connectivity index (χ1n) is 5.82. The summed E-state index contributed by atoms with van der Waals surface area (Å²) in [6.07, 6.45) is 4.36. The minimum Gasteiger partial charge on any atom is -0.469 e. The van der Waals surface area contributed by atoms with Crippen molar-refractivity contribution in [2.24, 2.45) is 5.92 Å². The van der Waals surface area contributed by atoms with E-state index in [9.17, 15) is 4.79 Å². The van der Waals surface area contributed by atoms with Gasteiger partial charge in [-0.15, -0.1) is 0 Å². The van der Waals surface area contributed by atoms with Gasteiger partial charge in [0.1, 0.15) is 0 Å². The van der Waals surface area contributed by atoms with Crippen molar-refractivity contribution in [1.82, 2.24) is 9.88 Å². The van der Waals surface area contributed by atoms with Crippen molar-refractivity contribution in [2.75, 3.05) is 20.7 Å². The largest absolute Gasteiger partial charge is 0.469 e. The van der Waals surface area contributed by atoms with E-state index in [0.29, 0.717) is 6.54 Å². The molecular weight excluding hydrogens is 216 g/mol. The molecular formula is C13H20N2O2. The molecule has 1 rings (SSSR count). The second kappa shape index (κ2) is 7.01. The van der Waals surface area contributed by atoms with Gasteiger partial charge in [0.25, 0.3) is 0 Å². The lowest BCUT2D eigenvalue weighted by atomic mass is 10.1. The van der Waals surface area contributed by atoms with Crippen LogP contribution >= 0.6 is 0 Å². The molecule has 0 saturated heterocycles. The molecule has 4 nitrogen and oxygen atoms in total. The molecule has 1 atom stereocenters. The molecule has 4 heteroatoms. The molecule has 0 aliphatic carbocycles. The number of esters is 1. The second-order valence-electron chi connectivity index (χ2n) is 4.18. The summed E-state index contributed by atoms with van der Waals surface area (Å²) in [5.41, 5.74) is 1.20. The molecule has 0 spiro atoms. The third kappa shape index (κ3) is 4.53. The molecule has 94 valence electrons. The summed E-state index contributed by atoms with van der Waals surface area (Å²) in [6, 6.07) is 3.96. The zero-order valence-corrected chi connectivity index (χ0v) is 10.7. The van der Waals surface area contributed by atoms with Gasteiger partial charge in [0.05, 0.1) is 13.0 Å². The minimum absolute atomic E-state index is 0.0492. The van der Waals surface area contributed by atoms with Gasteiger partial charge < -0.3 is 9.64 Å². The lowest BCUT2D eigenvalue weighted by Crippen LogP contribution is -2.30. The lowest BCUT2D eigenvalue weighted by molar-refractivity contribution is -0.146. The van der Waals surface area contributed by atoms with Crippen molar-refractivity contribution in [3.8, 4) is 0 Å². The molecule has 17 heavy (non-hydrogen) atoms. The first-order valence-corrected chi connectivity index (χ1v) is 5.82. The molecule has 0 aromatic carbocycles. The quantitative estimate of drug-likeness (QED) is 0.705. The van der Waals surface area contributed by atoms with Crippen LogP contribution < -0.4 is 0 Å². The maximum absolute atomic E-state index is 11.5. The Hall–Kier alpha value is -1.42. The maximum atomic E-state index is 11.5. The Balaban J connectivity index is 2.48. The fourth-order valence-corrected chi connectivity index (χ4v) is 1.78. The number of rotatable bonds is 6. The van der Waals surface area contributed by atoms with Gasteiger partial charge in [-0.25, -0.2) is 0 Å². The van der Waals surface area contributed by atoms with Crippen molar-refractivity contribution in [3.05, 3.63) is 30.1 Å². The minimum atomic E-state index is -0.130. The van der Waals surface area contributed by atoms with Crippen LogP contribution in [-0.4, -0.2) is 36.6 Å². The van der Waals surface area contributed by atoms with Crippen LogP contribution in [0.15, 0.2) is 24.5 Å². The van der Waals surface area contributed by atoms with Crippen LogP contribution in [0.3, 0.4) is 0 Å². The average molecular weight is 236 g/mol. The molecule has 0 aliphatic rings. The molecule has 1 unspecified atom stereocenters. The smallest absolute Gasteiger partial charge is 0.309 e. The number of carbonyl (C=O) groups is 1. The summed E-state index contributed by atoms with van der Waals surface area (Å²) in [7, 11) is 3.44. The summed E-state index contributed by atoms with van der Waals surface area (Å²) in [6.45, 7) is 3.53. The number of ether oxygens (including phenoxy) is 1. The molecule has 0 radical (unpaired) electrons. The Morgan fingerprint density at radius 3 is 2.65 bits per heavy atom. The SMILES string of the molecule is CCC(CN(C)Cc1ccncc1)C(=O)OC. The highest BCUT2D eigenvalue weighted by molar-refractivity contribution is 5.72. The first kappa shape index (κ1) is 13.6. The van der Waals surface area contributed by atoms with Crippen LogP contribution in [0, 0.1) is 5.92 Å². The van der Waals surface area contributed by atoms with Crippen LogP contribution in [0.4, 0.5) is 0 Å². The van der Waals surface area contributed by atoms with E-state index >= 15 is 0 Å². The third-order valence-corrected chi connectivity index (χ3v) is 2.76. The molecule has 0 bridgehead atoms. The van der Waals surface area contributed by atoms with Crippen molar-refractivity contribution < 1.29 is 9.53 Å². The van der Waals surface area contributed by atoms with E-state index in [2.05, 4.69) is 9.88 Å². The highest BCUT2D eigenvalue weighted by atomic mass is 16.5. The van der Waals surface area contributed by atoms with Crippen LogP contribution in [0.25, 0.3) is 0 Å². The Morgan fingerprint density at radius 1 is 1.47 bits per heavy atom. The monoisotopic (exact) mass is 236 g/mol. The van der Waals surface area contributed by atoms with Crippen molar-refractivity contribution in [3.63, 3.8) is 0 Å². The molecule has 1 aromatic rings. The number of hydrogen-bond donors (Lipinski definition) is 0. The van der Waals surface area contributed by atoms with E-state index in [-0.39, 0.29) is 11.9 Å². The van der Waals surface area contributed by atoms with Gasteiger partial charge in [-0.1, -0.05) is 6.92 Å². The number of methoxy groups -OCH3 is 1. The Labute approximate surface area is 103 Å². The molecule has 0 saturated carbocycles. The summed E-state index contributed by atoms with van der Waals surface area (Å²) in [5, 5.41) is 0. The Morgan fingerprint density at radius 2 is 2.12 bits per heavy atom. The van der Waals surface area contributed by atoms with E-state index in [4.69, 9.17) is 4.74 Å². The third-order valence-electron chi connectivity index (χ3n) is 2.76. The predicted molar refractivity (Wildman–Crippen MR) is 66.4 cm³/mol. The van der Waals surface area contributed by atoms with E-state index in [1.165, 1.54) is 12.7 Å². The van der Waals surface area contributed by atoms with E-state index < -0.39 is 0 Å². The van der Waals surface area contributed by atoms with Crippen LogP contribution in [0.2, 0.25) is 0 Å². The highest BCUT2D eigenvalue weighted by Crippen LogP contribution is 2.09. The zero-order chi connectivity index (χ0) is 12.7. The summed E-state index contributed by atoms with van der Waals surface area (Å²) in [5.74, 6) is -0.180. The van der Waals surface area contributed by atoms with Crippen LogP contribution in [0.1, 0.15) is 18.9 Å². The topological polar surface area (TPSA) is 42.4 Å². The van der Waals surface area contributed by atoms with Gasteiger partial charge >= 0.3 is 5.97 Å². The summed E-state index contributed by atoms with van der Waals surface area (Å²) in [4.78, 5) is 17.6. The molecule has 1 heterocycles. The predicted octanol–water partition coefficient (Wildman–Crippen LogP) is 1.71. The summed E-state index contributed by atoms with van der Waals surface area (Å²) >= 11 is 0. The van der Waals surface area contributed by atoms with Crippen LogP contribution in [-0.2, 0) is 16.1 Å². The van der Waals surface area contributed by atoms with Crippen molar-refractivity contribution >= 4 is 5.97 Å². The van der Waals surface area contributed by atoms with E-state index in [1.54, 1.807) is 12.4 Å². The number of pyridine rings is 1. The normalized spacial score (nSPS) is 12.5. The molecule has 0 N–H and O–H groups in total. The van der Waals surface area contributed by atoms with Crippen molar-refractivity contribution in [1.29, 1.82) is 0 Å². The fraction of sp³-hybridized carbons (Fsp3) is 0.538. The van der Waals surface area contributed by atoms with Crippen molar-refractivity contribution in [2.45, 2.75) is 19.9 Å². The Bertz CT molecular complexity index is 341. The van der Waals surface area contributed by atoms with Gasteiger partial charge in [0.2, 0.25) is 0 Å². The average Bonchev–Trinajstić information content (AvgIpc) is 2.36. The molecule has 0 amide bonds. The maximum Gasteiger partial charge on any atom is 0.309 e. The number of nitrogens with zero attached hydrogens (tertiary/aromatic N) is 2. The number of hydrogen-bond acceptors (Lipinski definition) is 4. The second-order valence-corrected chi connectivity index (χ2v) is 4.18. The first-order chi connectivity index (χ1) is 8.17.